The lowest BCUT2D eigenvalue weighted by molar-refractivity contribution is 0.0506. The van der Waals surface area contributed by atoms with Gasteiger partial charge in [-0.25, -0.2) is 18.3 Å². The molecule has 0 saturated carbocycles. The van der Waals surface area contributed by atoms with Gasteiger partial charge in [0.2, 0.25) is 0 Å². The van der Waals surface area contributed by atoms with Gasteiger partial charge in [-0.05, 0) is 19.3 Å². The van der Waals surface area contributed by atoms with E-state index in [-0.39, 0.29) is 6.61 Å². The monoisotopic (exact) mass is 261 g/mol. The largest absolute Gasteiger partial charge is 0.461 e. The zero-order valence-corrected chi connectivity index (χ0v) is 10.7. The average Bonchev–Trinajstić information content (AvgIpc) is 2.70. The molecule has 0 spiro atoms. The Kier molecular flexibility index (Phi) is 5.18. The lowest BCUT2D eigenvalue weighted by Gasteiger charge is -2.08. The molecule has 0 aliphatic carbocycles. The molecule has 0 radical (unpaired) electrons. The predicted molar refractivity (Wildman–Crippen MR) is 60.4 cm³/mol. The number of hydrogen-bond acceptors (Lipinski definition) is 4. The van der Waals surface area contributed by atoms with E-state index in [9.17, 15) is 13.6 Å². The maximum atomic E-state index is 12.9. The van der Waals surface area contributed by atoms with Crippen LogP contribution in [0.5, 0.6) is 0 Å². The molecule has 0 amide bonds. The van der Waals surface area contributed by atoms with E-state index < -0.39 is 23.8 Å². The number of halogens is 2. The van der Waals surface area contributed by atoms with E-state index in [1.54, 1.807) is 6.92 Å². The third kappa shape index (κ3) is 3.48. The Balaban J connectivity index is 2.95. The highest BCUT2D eigenvalue weighted by atomic mass is 19.3. The molecule has 102 valence electrons. The van der Waals surface area contributed by atoms with E-state index in [0.717, 1.165) is 4.68 Å². The lowest BCUT2D eigenvalue weighted by atomic mass is 10.1. The SMILES string of the molecule is CCOC(=O)c1nnn(CCC(C)C)c1C(F)F. The molecule has 0 atom stereocenters. The summed E-state index contributed by atoms with van der Waals surface area (Å²) in [6, 6.07) is 0. The van der Waals surface area contributed by atoms with Crippen LogP contribution in [-0.2, 0) is 11.3 Å². The van der Waals surface area contributed by atoms with E-state index in [0.29, 0.717) is 18.9 Å². The summed E-state index contributed by atoms with van der Waals surface area (Å²) >= 11 is 0. The van der Waals surface area contributed by atoms with Crippen molar-refractivity contribution in [2.45, 2.75) is 40.2 Å². The third-order valence-corrected chi connectivity index (χ3v) is 2.37. The number of nitrogens with zero attached hydrogens (tertiary/aromatic N) is 3. The van der Waals surface area contributed by atoms with E-state index >= 15 is 0 Å². The number of aryl methyl sites for hydroxylation is 1. The topological polar surface area (TPSA) is 57.0 Å². The molecule has 1 aromatic rings. The van der Waals surface area contributed by atoms with Gasteiger partial charge >= 0.3 is 5.97 Å². The van der Waals surface area contributed by atoms with Crippen molar-refractivity contribution in [2.75, 3.05) is 6.61 Å². The quantitative estimate of drug-likeness (QED) is 0.738. The standard InChI is InChI=1S/C11H17F2N3O2/c1-4-18-11(17)8-9(10(12)13)16(15-14-8)6-5-7(2)3/h7,10H,4-6H2,1-3H3. The van der Waals surface area contributed by atoms with Crippen molar-refractivity contribution in [1.82, 2.24) is 15.0 Å². The Morgan fingerprint density at radius 1 is 1.44 bits per heavy atom. The second-order valence-corrected chi connectivity index (χ2v) is 4.25. The smallest absolute Gasteiger partial charge is 0.361 e. The first kappa shape index (κ1) is 14.5. The fourth-order valence-corrected chi connectivity index (χ4v) is 1.43. The number of ether oxygens (including phenoxy) is 1. The van der Waals surface area contributed by atoms with Crippen molar-refractivity contribution in [1.29, 1.82) is 0 Å². The number of carbonyl (C=O) groups is 1. The average molecular weight is 261 g/mol. The van der Waals surface area contributed by atoms with Gasteiger partial charge in [0.05, 0.1) is 6.61 Å². The maximum Gasteiger partial charge on any atom is 0.361 e. The van der Waals surface area contributed by atoms with E-state index in [2.05, 4.69) is 15.0 Å². The summed E-state index contributed by atoms with van der Waals surface area (Å²) < 4.78 is 31.6. The Labute approximate surface area is 104 Å². The summed E-state index contributed by atoms with van der Waals surface area (Å²) in [5, 5.41) is 7.09. The van der Waals surface area contributed by atoms with Crippen LogP contribution in [0.25, 0.3) is 0 Å². The predicted octanol–water partition coefficient (Wildman–Crippen LogP) is 2.44. The summed E-state index contributed by atoms with van der Waals surface area (Å²) in [5.74, 6) is -0.505. The molecule has 0 aliphatic heterocycles. The Morgan fingerprint density at radius 3 is 2.61 bits per heavy atom. The number of alkyl halides is 2. The molecule has 1 rings (SSSR count). The normalized spacial score (nSPS) is 11.3. The first-order valence-electron chi connectivity index (χ1n) is 5.86. The molecule has 7 heteroatoms. The molecular weight excluding hydrogens is 244 g/mol. The van der Waals surface area contributed by atoms with Gasteiger partial charge in [-0.1, -0.05) is 19.1 Å². The minimum absolute atomic E-state index is 0.111. The summed E-state index contributed by atoms with van der Waals surface area (Å²) in [5.41, 5.74) is -0.857. The number of hydrogen-bond donors (Lipinski definition) is 0. The maximum absolute atomic E-state index is 12.9. The van der Waals surface area contributed by atoms with Crippen LogP contribution in [0.4, 0.5) is 8.78 Å². The lowest BCUT2D eigenvalue weighted by Crippen LogP contribution is -2.12. The summed E-state index contributed by atoms with van der Waals surface area (Å²) in [6.45, 7) is 5.98. The van der Waals surface area contributed by atoms with Gasteiger partial charge in [-0.15, -0.1) is 5.10 Å². The molecular formula is C11H17F2N3O2. The second kappa shape index (κ2) is 6.42. The Hall–Kier alpha value is -1.53. The molecule has 1 aromatic heterocycles. The van der Waals surface area contributed by atoms with E-state index in [4.69, 9.17) is 0 Å². The summed E-state index contributed by atoms with van der Waals surface area (Å²) in [4.78, 5) is 11.5. The second-order valence-electron chi connectivity index (χ2n) is 4.25. The van der Waals surface area contributed by atoms with Crippen LogP contribution < -0.4 is 0 Å². The fraction of sp³-hybridized carbons (Fsp3) is 0.727. The number of esters is 1. The van der Waals surface area contributed by atoms with E-state index in [1.165, 1.54) is 0 Å². The van der Waals surface area contributed by atoms with Crippen molar-refractivity contribution in [3.63, 3.8) is 0 Å². The summed E-state index contributed by atoms with van der Waals surface area (Å²) in [7, 11) is 0. The van der Waals surface area contributed by atoms with Crippen molar-refractivity contribution in [2.24, 2.45) is 5.92 Å². The molecule has 0 N–H and O–H groups in total. The van der Waals surface area contributed by atoms with Crippen molar-refractivity contribution < 1.29 is 18.3 Å². The number of carbonyl (C=O) groups excluding carboxylic acids is 1. The van der Waals surface area contributed by atoms with Crippen LogP contribution in [0.2, 0.25) is 0 Å². The molecule has 0 unspecified atom stereocenters. The highest BCUT2D eigenvalue weighted by Gasteiger charge is 2.27. The van der Waals surface area contributed by atoms with Crippen LogP contribution >= 0.6 is 0 Å². The Bertz CT molecular complexity index is 405. The van der Waals surface area contributed by atoms with E-state index in [1.807, 2.05) is 13.8 Å². The van der Waals surface area contributed by atoms with Crippen LogP contribution in [-0.4, -0.2) is 27.6 Å². The highest BCUT2D eigenvalue weighted by molar-refractivity contribution is 5.88. The van der Waals surface area contributed by atoms with Gasteiger partial charge in [-0.3, -0.25) is 0 Å². The Morgan fingerprint density at radius 2 is 2.11 bits per heavy atom. The van der Waals surface area contributed by atoms with Gasteiger partial charge in [0.15, 0.2) is 5.69 Å². The molecule has 1 heterocycles. The van der Waals surface area contributed by atoms with Gasteiger partial charge in [-0.2, -0.15) is 0 Å². The first-order chi connectivity index (χ1) is 8.47. The van der Waals surface area contributed by atoms with Crippen LogP contribution in [0, 0.1) is 5.92 Å². The molecule has 0 fully saturated rings. The minimum atomic E-state index is -2.80. The fourth-order valence-electron chi connectivity index (χ4n) is 1.43. The van der Waals surface area contributed by atoms with Crippen LogP contribution in [0.3, 0.4) is 0 Å². The first-order valence-corrected chi connectivity index (χ1v) is 5.86. The molecule has 18 heavy (non-hydrogen) atoms. The number of rotatable bonds is 6. The zero-order chi connectivity index (χ0) is 13.7. The molecule has 0 aliphatic rings. The zero-order valence-electron chi connectivity index (χ0n) is 10.7. The molecule has 0 saturated heterocycles. The minimum Gasteiger partial charge on any atom is -0.461 e. The van der Waals surface area contributed by atoms with Crippen LogP contribution in [0.1, 0.15) is 49.8 Å². The third-order valence-electron chi connectivity index (χ3n) is 2.37. The van der Waals surface area contributed by atoms with Crippen molar-refractivity contribution in [3.05, 3.63) is 11.4 Å². The van der Waals surface area contributed by atoms with Crippen molar-refractivity contribution in [3.8, 4) is 0 Å². The highest BCUT2D eigenvalue weighted by Crippen LogP contribution is 2.22. The molecule has 5 nitrogen and oxygen atoms in total. The molecule has 0 aromatic carbocycles. The van der Waals surface area contributed by atoms with Gasteiger partial charge in [0.25, 0.3) is 6.43 Å². The van der Waals surface area contributed by atoms with Crippen molar-refractivity contribution >= 4 is 5.97 Å². The van der Waals surface area contributed by atoms with Crippen LogP contribution in [0.15, 0.2) is 0 Å². The number of aromatic nitrogens is 3. The molecule has 0 bridgehead atoms. The van der Waals surface area contributed by atoms with Gasteiger partial charge in [0, 0.05) is 6.54 Å². The van der Waals surface area contributed by atoms with Gasteiger partial charge < -0.3 is 4.74 Å². The van der Waals surface area contributed by atoms with Gasteiger partial charge in [0.1, 0.15) is 5.69 Å². The summed E-state index contributed by atoms with van der Waals surface area (Å²) in [6.07, 6.45) is -2.11.